The quantitative estimate of drug-likeness (QED) is 0.267. The van der Waals surface area contributed by atoms with Gasteiger partial charge in [-0.3, -0.25) is 19.3 Å². The zero-order valence-electron chi connectivity index (χ0n) is 28.8. The maximum absolute atomic E-state index is 12.4. The van der Waals surface area contributed by atoms with E-state index < -0.39 is 35.5 Å². The van der Waals surface area contributed by atoms with Crippen molar-refractivity contribution in [3.8, 4) is 0 Å². The highest BCUT2D eigenvalue weighted by molar-refractivity contribution is 6.01. The number of likely N-dealkylation sites (tertiary alicyclic amines) is 2. The highest BCUT2D eigenvalue weighted by Crippen LogP contribution is 2.42. The van der Waals surface area contributed by atoms with Crippen LogP contribution < -0.4 is 0 Å². The Balaban J connectivity index is 0.000000389. The van der Waals surface area contributed by atoms with Gasteiger partial charge >= 0.3 is 12.2 Å². The highest BCUT2D eigenvalue weighted by atomic mass is 16.6. The number of carbonyl (C=O) groups is 5. The molecule has 3 saturated heterocycles. The molecule has 0 N–H and O–H groups in total. The normalized spacial score (nSPS) is 22.3. The van der Waals surface area contributed by atoms with Gasteiger partial charge in [0.2, 0.25) is 5.91 Å². The van der Waals surface area contributed by atoms with Crippen molar-refractivity contribution in [3.63, 3.8) is 0 Å². The second-order valence-electron chi connectivity index (χ2n) is 14.0. The van der Waals surface area contributed by atoms with Gasteiger partial charge in [-0.05, 0) is 106 Å². The first-order valence-corrected chi connectivity index (χ1v) is 15.8. The number of amides is 3. The first-order chi connectivity index (χ1) is 20.8. The van der Waals surface area contributed by atoms with Crippen LogP contribution in [0, 0.1) is 11.3 Å². The Hall–Kier alpha value is -3.27. The molecule has 1 unspecified atom stereocenters. The van der Waals surface area contributed by atoms with E-state index in [1.165, 1.54) is 26.7 Å². The number of hydrogen-bond acceptors (Lipinski definition) is 8. The number of nitrogens with zero attached hydrogens (tertiary/aromatic N) is 2. The number of hydrogen-bond donors (Lipinski definition) is 0. The molecule has 3 amide bonds. The first kappa shape index (κ1) is 39.8. The molecule has 3 fully saturated rings. The summed E-state index contributed by atoms with van der Waals surface area (Å²) in [5.41, 5.74) is -1.42. The molecule has 10 nitrogen and oxygen atoms in total. The zero-order valence-corrected chi connectivity index (χ0v) is 28.8. The topological polar surface area (TPSA) is 120 Å². The monoisotopic (exact) mass is 632 g/mol. The summed E-state index contributed by atoms with van der Waals surface area (Å²) in [6.07, 6.45) is 9.66. The number of Topliss-reactive ketones (excluding diaryl/α,β-unsaturated/α-hetero) is 2. The van der Waals surface area contributed by atoms with Crippen LogP contribution in [-0.4, -0.2) is 82.5 Å². The van der Waals surface area contributed by atoms with Gasteiger partial charge in [0.15, 0.2) is 11.6 Å². The van der Waals surface area contributed by atoms with Gasteiger partial charge in [0.05, 0.1) is 6.04 Å². The van der Waals surface area contributed by atoms with Gasteiger partial charge in [0, 0.05) is 25.7 Å². The number of imide groups is 1. The minimum Gasteiger partial charge on any atom is -0.444 e. The van der Waals surface area contributed by atoms with Crippen molar-refractivity contribution in [1.29, 1.82) is 0 Å². The molecule has 0 bridgehead atoms. The Morgan fingerprint density at radius 1 is 0.844 bits per heavy atom. The molecular weight excluding hydrogens is 576 g/mol. The van der Waals surface area contributed by atoms with Gasteiger partial charge < -0.3 is 14.2 Å². The van der Waals surface area contributed by atoms with E-state index in [4.69, 9.17) is 14.2 Å². The smallest absolute Gasteiger partial charge is 0.417 e. The summed E-state index contributed by atoms with van der Waals surface area (Å²) in [7, 11) is 0. The van der Waals surface area contributed by atoms with E-state index in [1.807, 2.05) is 32.9 Å². The van der Waals surface area contributed by atoms with E-state index in [2.05, 4.69) is 19.7 Å². The Morgan fingerprint density at radius 2 is 1.33 bits per heavy atom. The van der Waals surface area contributed by atoms with Crippen LogP contribution >= 0.6 is 0 Å². The summed E-state index contributed by atoms with van der Waals surface area (Å²) in [5, 5.41) is 0. The lowest BCUT2D eigenvalue weighted by atomic mass is 9.79. The van der Waals surface area contributed by atoms with E-state index in [9.17, 15) is 24.0 Å². The summed E-state index contributed by atoms with van der Waals surface area (Å²) >= 11 is 0. The molecular formula is C35H56N2O8. The van der Waals surface area contributed by atoms with E-state index in [0.29, 0.717) is 25.8 Å². The van der Waals surface area contributed by atoms with Gasteiger partial charge in [-0.2, -0.15) is 0 Å². The molecule has 0 saturated carbocycles. The van der Waals surface area contributed by atoms with E-state index in [0.717, 1.165) is 31.0 Å². The molecule has 0 spiro atoms. The molecule has 0 radical (unpaired) electrons. The van der Waals surface area contributed by atoms with Crippen LogP contribution in [0.15, 0.2) is 38.0 Å². The van der Waals surface area contributed by atoms with E-state index >= 15 is 0 Å². The summed E-state index contributed by atoms with van der Waals surface area (Å²) in [4.78, 5) is 62.6. The number of allylic oxidation sites excluding steroid dienone is 3. The third kappa shape index (κ3) is 12.9. The Labute approximate surface area is 270 Å². The molecule has 3 aliphatic heterocycles. The van der Waals surface area contributed by atoms with Crippen LogP contribution in [0.25, 0.3) is 0 Å². The predicted molar refractivity (Wildman–Crippen MR) is 175 cm³/mol. The largest absolute Gasteiger partial charge is 0.444 e. The average Bonchev–Trinajstić information content (AvgIpc) is 3.65. The molecule has 10 heteroatoms. The molecule has 0 aromatic rings. The fraction of sp³-hybridized carbons (Fsp3) is 0.686. The molecule has 3 aliphatic rings. The van der Waals surface area contributed by atoms with Crippen molar-refractivity contribution in [2.45, 2.75) is 124 Å². The summed E-state index contributed by atoms with van der Waals surface area (Å²) in [6.45, 7) is 27.2. The Bertz CT molecular complexity index is 1060. The van der Waals surface area contributed by atoms with Crippen LogP contribution in [0.2, 0.25) is 0 Å². The minimum absolute atomic E-state index is 0.00383. The van der Waals surface area contributed by atoms with E-state index in [1.54, 1.807) is 31.7 Å². The minimum atomic E-state index is -0.746. The lowest BCUT2D eigenvalue weighted by Crippen LogP contribution is -2.45. The van der Waals surface area contributed by atoms with Crippen molar-refractivity contribution in [1.82, 2.24) is 9.80 Å². The van der Waals surface area contributed by atoms with Crippen molar-refractivity contribution in [2.24, 2.45) is 11.3 Å². The molecule has 0 aromatic heterocycles. The van der Waals surface area contributed by atoms with Crippen molar-refractivity contribution in [2.75, 3.05) is 19.8 Å². The lowest BCUT2D eigenvalue weighted by Gasteiger charge is -2.29. The van der Waals surface area contributed by atoms with Crippen LogP contribution in [0.1, 0.15) is 100 Å². The number of ether oxygens (including phenoxy) is 3. The maximum atomic E-state index is 12.4. The first-order valence-electron chi connectivity index (χ1n) is 15.8. The van der Waals surface area contributed by atoms with Gasteiger partial charge in [0.25, 0.3) is 0 Å². The maximum Gasteiger partial charge on any atom is 0.417 e. The number of rotatable bonds is 8. The van der Waals surface area contributed by atoms with Gasteiger partial charge in [-0.25, -0.2) is 14.5 Å². The third-order valence-electron chi connectivity index (χ3n) is 7.50. The fourth-order valence-corrected chi connectivity index (χ4v) is 5.53. The van der Waals surface area contributed by atoms with Crippen molar-refractivity contribution >= 4 is 29.7 Å². The third-order valence-corrected chi connectivity index (χ3v) is 7.50. The standard InChI is InChI=1S/C17H27NO3.C14H21NO4.C4H8O/c1-7-9-17(10-8-2)11-14(13(3)19)18(12-17)15(20)21-16(4,5)6;1-6-7-10-8-11(9(2)16)15(12(10)17)13(18)19-14(3,4)5;1-2-4-5-3-1/h7-8,14H,1-2,9-12H2,3-6H3;6,10-11H,1,7-8H2,2-5H3;1-4H2/t14-;10?,11-;/m00./s1. The predicted octanol–water partition coefficient (Wildman–Crippen LogP) is 6.82. The molecule has 45 heavy (non-hydrogen) atoms. The fourth-order valence-electron chi connectivity index (χ4n) is 5.53. The summed E-state index contributed by atoms with van der Waals surface area (Å²) in [5.74, 6) is -0.921. The molecule has 3 atom stereocenters. The highest BCUT2D eigenvalue weighted by Gasteiger charge is 2.48. The van der Waals surface area contributed by atoms with E-state index in [-0.39, 0.29) is 28.8 Å². The average molecular weight is 633 g/mol. The van der Waals surface area contributed by atoms with Gasteiger partial charge in [0.1, 0.15) is 17.2 Å². The SMILES string of the molecule is C1CCOC1.C=CCC1(CC=C)C[C@@H](C(C)=O)N(C(=O)OC(C)(C)C)C1.C=CCC1C[C@@H](C(C)=O)N(C(=O)OC(C)(C)C)C1=O. The second-order valence-corrected chi connectivity index (χ2v) is 14.0. The molecule has 0 aromatic carbocycles. The molecule has 3 heterocycles. The van der Waals surface area contributed by atoms with Gasteiger partial charge in [-0.1, -0.05) is 18.2 Å². The second kappa shape index (κ2) is 17.4. The lowest BCUT2D eigenvalue weighted by molar-refractivity contribution is -0.134. The van der Waals surface area contributed by atoms with Crippen LogP contribution in [0.5, 0.6) is 0 Å². The summed E-state index contributed by atoms with van der Waals surface area (Å²) < 4.78 is 15.6. The number of carbonyl (C=O) groups excluding carboxylic acids is 5. The van der Waals surface area contributed by atoms with Crippen LogP contribution in [-0.2, 0) is 28.6 Å². The Kier molecular flexibility index (Phi) is 15.4. The Morgan fingerprint density at radius 3 is 1.71 bits per heavy atom. The summed E-state index contributed by atoms with van der Waals surface area (Å²) in [6, 6.07) is -1.13. The zero-order chi connectivity index (χ0) is 34.6. The molecule has 254 valence electrons. The van der Waals surface area contributed by atoms with Crippen molar-refractivity contribution in [3.05, 3.63) is 38.0 Å². The van der Waals surface area contributed by atoms with Crippen LogP contribution in [0.3, 0.4) is 0 Å². The molecule has 0 aliphatic carbocycles. The molecule has 3 rings (SSSR count). The van der Waals surface area contributed by atoms with Gasteiger partial charge in [-0.15, -0.1) is 19.7 Å². The number of ketones is 2. The van der Waals surface area contributed by atoms with Crippen LogP contribution in [0.4, 0.5) is 9.59 Å². The van der Waals surface area contributed by atoms with Crippen molar-refractivity contribution < 1.29 is 38.2 Å².